The van der Waals surface area contributed by atoms with Crippen LogP contribution in [0.25, 0.3) is 11.3 Å². The summed E-state index contributed by atoms with van der Waals surface area (Å²) in [6.45, 7) is 7.62. The van der Waals surface area contributed by atoms with Crippen LogP contribution in [-0.2, 0) is 6.54 Å². The van der Waals surface area contributed by atoms with Crippen LogP contribution in [0.1, 0.15) is 65.7 Å². The van der Waals surface area contributed by atoms with Crippen molar-refractivity contribution in [3.05, 3.63) is 89.0 Å². The largest absolute Gasteiger partial charge is 0.490 e. The summed E-state index contributed by atoms with van der Waals surface area (Å²) in [6, 6.07) is 17.5. The molecule has 2 aromatic carbocycles. The normalized spacial score (nSPS) is 14.8. The number of aromatic nitrogens is 2. The summed E-state index contributed by atoms with van der Waals surface area (Å²) >= 11 is 0. The molecule has 0 saturated carbocycles. The van der Waals surface area contributed by atoms with E-state index in [4.69, 9.17) is 13.9 Å². The number of aryl methyl sites for hydroxylation is 1. The number of ether oxygens (including phenoxy) is 2. The zero-order valence-electron chi connectivity index (χ0n) is 20.9. The number of fused-ring (bicyclic) bond motifs is 1. The van der Waals surface area contributed by atoms with Gasteiger partial charge in [-0.3, -0.25) is 9.89 Å². The van der Waals surface area contributed by atoms with E-state index < -0.39 is 0 Å². The maximum atomic E-state index is 13.6. The number of aromatic amines is 1. The molecule has 2 aromatic heterocycles. The van der Waals surface area contributed by atoms with E-state index in [0.29, 0.717) is 42.7 Å². The first-order chi connectivity index (χ1) is 17.6. The van der Waals surface area contributed by atoms with Gasteiger partial charge in [-0.1, -0.05) is 49.2 Å². The fraction of sp³-hybridized carbons (Fsp3) is 0.310. The van der Waals surface area contributed by atoms with Gasteiger partial charge in [0.25, 0.3) is 5.91 Å². The lowest BCUT2D eigenvalue weighted by Gasteiger charge is -2.26. The lowest BCUT2D eigenvalue weighted by molar-refractivity contribution is 0.0716. The molecular formula is C29H31N3O4. The van der Waals surface area contributed by atoms with E-state index in [1.165, 1.54) is 0 Å². The van der Waals surface area contributed by atoms with Crippen molar-refractivity contribution in [1.29, 1.82) is 0 Å². The van der Waals surface area contributed by atoms with Crippen LogP contribution in [0, 0.1) is 6.92 Å². The van der Waals surface area contributed by atoms with E-state index in [0.717, 1.165) is 40.8 Å². The SMILES string of the molecule is CCCCOc1ccc(C2c3c(-c4ccc(C)cc4)n[nH]c3C(=O)N2Cc2ccco2)cc1OCC. The first-order valence-corrected chi connectivity index (χ1v) is 12.5. The van der Waals surface area contributed by atoms with Crippen molar-refractivity contribution >= 4 is 5.91 Å². The number of furan rings is 1. The van der Waals surface area contributed by atoms with Crippen LogP contribution in [0.2, 0.25) is 0 Å². The Bertz CT molecular complexity index is 1330. The number of carbonyl (C=O) groups is 1. The monoisotopic (exact) mass is 485 g/mol. The summed E-state index contributed by atoms with van der Waals surface area (Å²) in [5.41, 5.74) is 5.18. The van der Waals surface area contributed by atoms with Gasteiger partial charge in [0.15, 0.2) is 11.5 Å². The highest BCUT2D eigenvalue weighted by Gasteiger charge is 2.42. The van der Waals surface area contributed by atoms with Gasteiger partial charge in [-0.2, -0.15) is 5.10 Å². The molecule has 0 aliphatic carbocycles. The molecule has 1 aliphatic heterocycles. The van der Waals surface area contributed by atoms with Crippen LogP contribution in [0.15, 0.2) is 65.3 Å². The summed E-state index contributed by atoms with van der Waals surface area (Å²) in [6.07, 6.45) is 3.65. The van der Waals surface area contributed by atoms with Crippen LogP contribution in [0.4, 0.5) is 0 Å². The third-order valence-electron chi connectivity index (χ3n) is 6.43. The van der Waals surface area contributed by atoms with Gasteiger partial charge in [-0.05, 0) is 50.1 Å². The Kier molecular flexibility index (Phi) is 6.80. The van der Waals surface area contributed by atoms with Crippen molar-refractivity contribution in [1.82, 2.24) is 15.1 Å². The molecule has 3 heterocycles. The predicted molar refractivity (Wildman–Crippen MR) is 137 cm³/mol. The summed E-state index contributed by atoms with van der Waals surface area (Å²) in [5.74, 6) is 1.99. The topological polar surface area (TPSA) is 80.6 Å². The van der Waals surface area contributed by atoms with Gasteiger partial charge in [0, 0.05) is 11.1 Å². The van der Waals surface area contributed by atoms with Crippen molar-refractivity contribution < 1.29 is 18.7 Å². The average molecular weight is 486 g/mol. The highest BCUT2D eigenvalue weighted by molar-refractivity contribution is 6.00. The van der Waals surface area contributed by atoms with Crippen LogP contribution in [-0.4, -0.2) is 34.2 Å². The summed E-state index contributed by atoms with van der Waals surface area (Å²) in [7, 11) is 0. The maximum Gasteiger partial charge on any atom is 0.273 e. The Hall–Kier alpha value is -4.00. The van der Waals surface area contributed by atoms with E-state index in [9.17, 15) is 4.79 Å². The van der Waals surface area contributed by atoms with Crippen molar-refractivity contribution in [2.75, 3.05) is 13.2 Å². The minimum atomic E-state index is -0.364. The van der Waals surface area contributed by atoms with Gasteiger partial charge in [0.2, 0.25) is 0 Å². The fourth-order valence-electron chi connectivity index (χ4n) is 4.62. The molecule has 0 spiro atoms. The average Bonchev–Trinajstić information content (AvgIpc) is 3.61. The van der Waals surface area contributed by atoms with E-state index >= 15 is 0 Å². The lowest BCUT2D eigenvalue weighted by Crippen LogP contribution is -2.29. The molecule has 7 heteroatoms. The molecule has 36 heavy (non-hydrogen) atoms. The molecule has 0 fully saturated rings. The summed E-state index contributed by atoms with van der Waals surface area (Å²) in [5, 5.41) is 7.59. The number of benzene rings is 2. The molecule has 7 nitrogen and oxygen atoms in total. The smallest absolute Gasteiger partial charge is 0.273 e. The third kappa shape index (κ3) is 4.49. The number of amides is 1. The zero-order chi connectivity index (χ0) is 25.1. The molecule has 1 unspecified atom stereocenters. The molecule has 0 saturated heterocycles. The molecular weight excluding hydrogens is 454 g/mol. The van der Waals surface area contributed by atoms with Gasteiger partial charge < -0.3 is 18.8 Å². The Balaban J connectivity index is 1.60. The predicted octanol–water partition coefficient (Wildman–Crippen LogP) is 6.30. The van der Waals surface area contributed by atoms with Crippen molar-refractivity contribution in [2.24, 2.45) is 0 Å². The Labute approximate surface area is 211 Å². The molecule has 0 bridgehead atoms. The number of nitrogens with one attached hydrogen (secondary N) is 1. The molecule has 1 amide bonds. The second kappa shape index (κ2) is 10.3. The van der Waals surface area contributed by atoms with Crippen molar-refractivity contribution in [2.45, 2.75) is 46.2 Å². The van der Waals surface area contributed by atoms with E-state index in [2.05, 4.69) is 36.2 Å². The highest BCUT2D eigenvalue weighted by atomic mass is 16.5. The Morgan fingerprint density at radius 3 is 2.61 bits per heavy atom. The van der Waals surface area contributed by atoms with Gasteiger partial charge in [0.1, 0.15) is 11.5 Å². The van der Waals surface area contributed by atoms with Crippen molar-refractivity contribution in [3.8, 4) is 22.8 Å². The Morgan fingerprint density at radius 1 is 1.06 bits per heavy atom. The molecule has 1 N–H and O–H groups in total. The molecule has 5 rings (SSSR count). The van der Waals surface area contributed by atoms with Crippen molar-refractivity contribution in [3.63, 3.8) is 0 Å². The minimum absolute atomic E-state index is 0.113. The molecule has 0 radical (unpaired) electrons. The fourth-order valence-corrected chi connectivity index (χ4v) is 4.62. The van der Waals surface area contributed by atoms with Gasteiger partial charge in [-0.15, -0.1) is 0 Å². The van der Waals surface area contributed by atoms with Gasteiger partial charge >= 0.3 is 0 Å². The van der Waals surface area contributed by atoms with Gasteiger partial charge in [-0.25, -0.2) is 0 Å². The lowest BCUT2D eigenvalue weighted by atomic mass is 9.95. The molecule has 186 valence electrons. The van der Waals surface area contributed by atoms with Crippen LogP contribution in [0.5, 0.6) is 11.5 Å². The quantitative estimate of drug-likeness (QED) is 0.267. The second-order valence-corrected chi connectivity index (χ2v) is 8.98. The zero-order valence-corrected chi connectivity index (χ0v) is 20.9. The van der Waals surface area contributed by atoms with Crippen LogP contribution >= 0.6 is 0 Å². The van der Waals surface area contributed by atoms with E-state index in [1.54, 1.807) is 6.26 Å². The van der Waals surface area contributed by atoms with Crippen LogP contribution < -0.4 is 9.47 Å². The number of hydrogen-bond acceptors (Lipinski definition) is 5. The number of nitrogens with zero attached hydrogens (tertiary/aromatic N) is 2. The molecule has 1 aliphatic rings. The Morgan fingerprint density at radius 2 is 1.89 bits per heavy atom. The summed E-state index contributed by atoms with van der Waals surface area (Å²) < 4.78 is 17.6. The third-order valence-corrected chi connectivity index (χ3v) is 6.43. The number of carbonyl (C=O) groups excluding carboxylic acids is 1. The van der Waals surface area contributed by atoms with E-state index in [-0.39, 0.29) is 11.9 Å². The van der Waals surface area contributed by atoms with E-state index in [1.807, 2.05) is 54.3 Å². The number of rotatable bonds is 10. The summed E-state index contributed by atoms with van der Waals surface area (Å²) in [4.78, 5) is 15.4. The number of H-pyrrole nitrogens is 1. The minimum Gasteiger partial charge on any atom is -0.490 e. The highest BCUT2D eigenvalue weighted by Crippen LogP contribution is 2.45. The maximum absolute atomic E-state index is 13.6. The molecule has 1 atom stereocenters. The van der Waals surface area contributed by atoms with Gasteiger partial charge in [0.05, 0.1) is 37.8 Å². The second-order valence-electron chi connectivity index (χ2n) is 8.98. The standard InChI is InChI=1S/C29H31N3O4/c1-4-6-15-36-23-14-13-21(17-24(23)34-5-2)28-25-26(20-11-9-19(3)10-12-20)30-31-27(25)29(33)32(28)18-22-8-7-16-35-22/h7-14,16-17,28H,4-6,15,18H2,1-3H3,(H,30,31). The first-order valence-electron chi connectivity index (χ1n) is 12.5. The molecule has 4 aromatic rings. The number of hydrogen-bond donors (Lipinski definition) is 1. The number of unbranched alkanes of at least 4 members (excludes halogenated alkanes) is 1. The first kappa shape index (κ1) is 23.7. The van der Waals surface area contributed by atoms with Crippen LogP contribution in [0.3, 0.4) is 0 Å².